The van der Waals surface area contributed by atoms with Crippen LogP contribution in [0.15, 0.2) is 42.5 Å². The van der Waals surface area contributed by atoms with Crippen LogP contribution in [0.2, 0.25) is 0 Å². The molecule has 0 unspecified atom stereocenters. The summed E-state index contributed by atoms with van der Waals surface area (Å²) in [6.45, 7) is 1.88. The Morgan fingerprint density at radius 1 is 1.04 bits per heavy atom. The average Bonchev–Trinajstić information content (AvgIpc) is 2.67. The van der Waals surface area contributed by atoms with Crippen LogP contribution >= 0.6 is 0 Å². The number of nitro benzene ring substituents is 1. The maximum absolute atomic E-state index is 12.5. The molecule has 0 saturated heterocycles. The van der Waals surface area contributed by atoms with Crippen LogP contribution in [0.3, 0.4) is 0 Å². The van der Waals surface area contributed by atoms with E-state index in [1.165, 1.54) is 18.2 Å². The Bertz CT molecular complexity index is 908. The smallest absolute Gasteiger partial charge is 0.338 e. The minimum Gasteiger partial charge on any atom is -0.465 e. The van der Waals surface area contributed by atoms with Gasteiger partial charge in [-0.05, 0) is 31.2 Å². The number of hydrogen-bond acceptors (Lipinski definition) is 7. The van der Waals surface area contributed by atoms with Crippen LogP contribution in [0.25, 0.3) is 0 Å². The molecule has 0 aliphatic carbocycles. The standard InChI is InChI=1S/C18H16N2O7/c1-3-27-18(23)11-5-4-6-14(8-11)19-16(21)12-7-13(17(22)26-2)10-15(9-12)20(24)25/h4-10H,3H2,1-2H3,(H,19,21). The Hall–Kier alpha value is -3.75. The Balaban J connectivity index is 2.31. The quantitative estimate of drug-likeness (QED) is 0.469. The van der Waals surface area contributed by atoms with Crippen molar-refractivity contribution in [3.8, 4) is 0 Å². The first-order chi connectivity index (χ1) is 12.8. The summed E-state index contributed by atoms with van der Waals surface area (Å²) in [7, 11) is 1.13. The van der Waals surface area contributed by atoms with Gasteiger partial charge in [0.2, 0.25) is 0 Å². The fourth-order valence-corrected chi connectivity index (χ4v) is 2.22. The molecular formula is C18H16N2O7. The van der Waals surface area contributed by atoms with Gasteiger partial charge in [-0.15, -0.1) is 0 Å². The van der Waals surface area contributed by atoms with Crippen LogP contribution in [-0.4, -0.2) is 36.5 Å². The van der Waals surface area contributed by atoms with E-state index in [1.807, 2.05) is 0 Å². The lowest BCUT2D eigenvalue weighted by Gasteiger charge is -2.08. The summed E-state index contributed by atoms with van der Waals surface area (Å²) in [6, 6.07) is 9.27. The number of non-ortho nitro benzene ring substituents is 1. The number of methoxy groups -OCH3 is 1. The Morgan fingerprint density at radius 2 is 1.74 bits per heavy atom. The lowest BCUT2D eigenvalue weighted by molar-refractivity contribution is -0.384. The number of esters is 2. The van der Waals surface area contributed by atoms with Crippen LogP contribution in [-0.2, 0) is 9.47 Å². The zero-order valence-electron chi connectivity index (χ0n) is 14.6. The minimum absolute atomic E-state index is 0.105. The molecule has 0 aliphatic heterocycles. The molecule has 27 heavy (non-hydrogen) atoms. The van der Waals surface area contributed by atoms with E-state index in [0.717, 1.165) is 19.2 Å². The number of nitrogens with zero attached hydrogens (tertiary/aromatic N) is 1. The largest absolute Gasteiger partial charge is 0.465 e. The number of amides is 1. The molecule has 9 nitrogen and oxygen atoms in total. The average molecular weight is 372 g/mol. The second-order valence-electron chi connectivity index (χ2n) is 5.27. The highest BCUT2D eigenvalue weighted by Crippen LogP contribution is 2.20. The van der Waals surface area contributed by atoms with Gasteiger partial charge < -0.3 is 14.8 Å². The molecule has 1 amide bonds. The first-order valence-electron chi connectivity index (χ1n) is 7.82. The molecule has 0 radical (unpaired) electrons. The third-order valence-electron chi connectivity index (χ3n) is 3.44. The molecule has 2 aromatic rings. The van der Waals surface area contributed by atoms with E-state index in [9.17, 15) is 24.5 Å². The van der Waals surface area contributed by atoms with Crippen LogP contribution < -0.4 is 5.32 Å². The SMILES string of the molecule is CCOC(=O)c1cccc(NC(=O)c2cc(C(=O)OC)cc([N+](=O)[O-])c2)c1. The van der Waals surface area contributed by atoms with Crippen molar-refractivity contribution in [1.29, 1.82) is 0 Å². The van der Waals surface area contributed by atoms with Gasteiger partial charge in [0.05, 0.1) is 29.8 Å². The summed E-state index contributed by atoms with van der Waals surface area (Å²) in [5, 5.41) is 13.6. The Labute approximate surface area is 154 Å². The highest BCUT2D eigenvalue weighted by Gasteiger charge is 2.19. The molecule has 0 aromatic heterocycles. The third-order valence-corrected chi connectivity index (χ3v) is 3.44. The summed E-state index contributed by atoms with van der Waals surface area (Å²) in [4.78, 5) is 46.2. The molecule has 0 aliphatic rings. The van der Waals surface area contributed by atoms with Gasteiger partial charge in [0.25, 0.3) is 11.6 Å². The van der Waals surface area contributed by atoms with E-state index in [1.54, 1.807) is 19.1 Å². The zero-order chi connectivity index (χ0) is 20.0. The molecule has 1 N–H and O–H groups in total. The molecule has 0 fully saturated rings. The van der Waals surface area contributed by atoms with Crippen LogP contribution in [0.1, 0.15) is 38.0 Å². The number of nitrogens with one attached hydrogen (secondary N) is 1. The molecule has 2 rings (SSSR count). The summed E-state index contributed by atoms with van der Waals surface area (Å²) in [6.07, 6.45) is 0. The van der Waals surface area contributed by atoms with E-state index in [-0.39, 0.29) is 29.0 Å². The van der Waals surface area contributed by atoms with Gasteiger partial charge in [-0.2, -0.15) is 0 Å². The van der Waals surface area contributed by atoms with Crippen LogP contribution in [0, 0.1) is 10.1 Å². The van der Waals surface area contributed by atoms with Crippen molar-refractivity contribution < 1.29 is 28.8 Å². The van der Waals surface area contributed by atoms with Crippen molar-refractivity contribution in [3.05, 3.63) is 69.3 Å². The summed E-state index contributed by atoms with van der Waals surface area (Å²) >= 11 is 0. The zero-order valence-corrected chi connectivity index (χ0v) is 14.6. The summed E-state index contributed by atoms with van der Waals surface area (Å²) < 4.78 is 9.44. The number of anilines is 1. The number of carbonyl (C=O) groups excluding carboxylic acids is 3. The predicted octanol–water partition coefficient (Wildman–Crippen LogP) is 2.81. The maximum atomic E-state index is 12.5. The van der Waals surface area contributed by atoms with Crippen LogP contribution in [0.4, 0.5) is 11.4 Å². The fraction of sp³-hybridized carbons (Fsp3) is 0.167. The van der Waals surface area contributed by atoms with Crippen molar-refractivity contribution in [2.24, 2.45) is 0 Å². The van der Waals surface area contributed by atoms with Crippen LogP contribution in [0.5, 0.6) is 0 Å². The molecule has 0 atom stereocenters. The second kappa shape index (κ2) is 8.56. The van der Waals surface area contributed by atoms with Crippen molar-refractivity contribution in [2.45, 2.75) is 6.92 Å². The first kappa shape index (κ1) is 19.6. The second-order valence-corrected chi connectivity index (χ2v) is 5.27. The molecule has 0 saturated carbocycles. The number of ether oxygens (including phenoxy) is 2. The number of benzene rings is 2. The van der Waals surface area contributed by atoms with E-state index < -0.39 is 28.5 Å². The molecule has 0 bridgehead atoms. The van der Waals surface area contributed by atoms with Crippen molar-refractivity contribution in [3.63, 3.8) is 0 Å². The first-order valence-corrected chi connectivity index (χ1v) is 7.82. The van der Waals surface area contributed by atoms with Crippen molar-refractivity contribution in [2.75, 3.05) is 19.0 Å². The van der Waals surface area contributed by atoms with Gasteiger partial charge >= 0.3 is 11.9 Å². The monoisotopic (exact) mass is 372 g/mol. The number of nitro groups is 1. The topological polar surface area (TPSA) is 125 Å². The normalized spacial score (nSPS) is 10.0. The van der Waals surface area contributed by atoms with Gasteiger partial charge in [0.1, 0.15) is 0 Å². The summed E-state index contributed by atoms with van der Waals surface area (Å²) in [5.41, 5.74) is -0.132. The molecule has 0 heterocycles. The Kier molecular flexibility index (Phi) is 6.21. The fourth-order valence-electron chi connectivity index (χ4n) is 2.22. The molecule has 9 heteroatoms. The van der Waals surface area contributed by atoms with E-state index in [2.05, 4.69) is 10.1 Å². The van der Waals surface area contributed by atoms with E-state index >= 15 is 0 Å². The molecular weight excluding hydrogens is 356 g/mol. The van der Waals surface area contributed by atoms with Gasteiger partial charge in [0.15, 0.2) is 0 Å². The third kappa shape index (κ3) is 4.88. The number of carbonyl (C=O) groups is 3. The summed E-state index contributed by atoms with van der Waals surface area (Å²) in [5.74, 6) is -2.04. The highest BCUT2D eigenvalue weighted by molar-refractivity contribution is 6.06. The lowest BCUT2D eigenvalue weighted by Crippen LogP contribution is -2.14. The number of hydrogen-bond donors (Lipinski definition) is 1. The van der Waals surface area contributed by atoms with Gasteiger partial charge in [0, 0.05) is 23.4 Å². The number of rotatable bonds is 6. The van der Waals surface area contributed by atoms with Crippen molar-refractivity contribution >= 4 is 29.2 Å². The van der Waals surface area contributed by atoms with E-state index in [0.29, 0.717) is 0 Å². The Morgan fingerprint density at radius 3 is 2.37 bits per heavy atom. The minimum atomic E-state index is -0.808. The lowest BCUT2D eigenvalue weighted by atomic mass is 10.1. The van der Waals surface area contributed by atoms with Crippen molar-refractivity contribution in [1.82, 2.24) is 0 Å². The van der Waals surface area contributed by atoms with Gasteiger partial charge in [-0.1, -0.05) is 6.07 Å². The highest BCUT2D eigenvalue weighted by atomic mass is 16.6. The maximum Gasteiger partial charge on any atom is 0.338 e. The van der Waals surface area contributed by atoms with E-state index in [4.69, 9.17) is 4.74 Å². The molecule has 2 aromatic carbocycles. The molecule has 0 spiro atoms. The predicted molar refractivity (Wildman–Crippen MR) is 94.8 cm³/mol. The molecule has 140 valence electrons. The van der Waals surface area contributed by atoms with Gasteiger partial charge in [-0.3, -0.25) is 14.9 Å². The van der Waals surface area contributed by atoms with Gasteiger partial charge in [-0.25, -0.2) is 9.59 Å².